The van der Waals surface area contributed by atoms with E-state index in [1.165, 1.54) is 23.8 Å². The molecule has 2 amide bonds. The molecular weight excluding hydrogens is 460 g/mol. The third-order valence-corrected chi connectivity index (χ3v) is 6.35. The molecule has 0 fully saturated rings. The number of halogens is 1. The fraction of sp³-hybridized carbons (Fsp3) is 0.120. The Hall–Kier alpha value is -3.42. The molecule has 6 nitrogen and oxygen atoms in total. The highest BCUT2D eigenvalue weighted by Crippen LogP contribution is 2.38. The molecule has 8 heteroatoms. The highest BCUT2D eigenvalue weighted by molar-refractivity contribution is 8.04. The minimum atomic E-state index is -0.404. The largest absolute Gasteiger partial charge is 0.497 e. The number of nitrogens with zero attached hydrogens (tertiary/aromatic N) is 1. The lowest BCUT2D eigenvalue weighted by Crippen LogP contribution is -2.31. The topological polar surface area (TPSA) is 67.9 Å². The molecule has 0 saturated heterocycles. The smallest absolute Gasteiger partial charge is 0.278 e. The summed E-state index contributed by atoms with van der Waals surface area (Å²) in [5, 5.41) is 3.72. The summed E-state index contributed by atoms with van der Waals surface area (Å²) >= 11 is 7.22. The molecule has 0 atom stereocenters. The molecule has 0 aromatic heterocycles. The van der Waals surface area contributed by atoms with Gasteiger partial charge in [0.15, 0.2) is 0 Å². The monoisotopic (exact) mass is 480 g/mol. The van der Waals surface area contributed by atoms with Crippen LogP contribution in [0, 0.1) is 0 Å². The number of rotatable bonds is 8. The summed E-state index contributed by atoms with van der Waals surface area (Å²) in [6, 6.07) is 21.7. The fourth-order valence-corrected chi connectivity index (χ4v) is 4.40. The molecule has 0 bridgehead atoms. The Morgan fingerprint density at radius 2 is 1.64 bits per heavy atom. The summed E-state index contributed by atoms with van der Waals surface area (Å²) in [5.74, 6) is 0.332. The number of anilines is 1. The molecule has 3 aromatic carbocycles. The second-order valence-electron chi connectivity index (χ2n) is 7.13. The number of amides is 2. The number of thioether (sulfide) groups is 1. The SMILES string of the molecule is COc1ccc(NC2=C(Sc3ccc(Cl)cc3)C(=O)N(Cc3ccccc3)C2=O)c(OC)c1. The van der Waals surface area contributed by atoms with Gasteiger partial charge in [-0.1, -0.05) is 53.7 Å². The second-order valence-corrected chi connectivity index (χ2v) is 8.65. The first kappa shape index (κ1) is 22.8. The molecule has 168 valence electrons. The number of carbonyl (C=O) groups is 2. The van der Waals surface area contributed by atoms with Crippen LogP contribution in [0.5, 0.6) is 11.5 Å². The Bertz CT molecular complexity index is 1210. The van der Waals surface area contributed by atoms with E-state index in [0.29, 0.717) is 27.1 Å². The van der Waals surface area contributed by atoms with Crippen molar-refractivity contribution in [2.24, 2.45) is 0 Å². The zero-order valence-electron chi connectivity index (χ0n) is 18.0. The quantitative estimate of drug-likeness (QED) is 0.439. The van der Waals surface area contributed by atoms with Gasteiger partial charge in [0.25, 0.3) is 11.8 Å². The fourth-order valence-electron chi connectivity index (χ4n) is 3.33. The number of hydrogen-bond acceptors (Lipinski definition) is 6. The maximum atomic E-state index is 13.4. The standard InChI is InChI=1S/C25H21ClN2O4S/c1-31-18-10-13-20(21(14-18)32-2)27-22-23(33-19-11-8-17(26)9-12-19)25(30)28(24(22)29)15-16-6-4-3-5-7-16/h3-14,27H,15H2,1-2H3. The average molecular weight is 481 g/mol. The minimum absolute atomic E-state index is 0.175. The van der Waals surface area contributed by atoms with E-state index in [-0.39, 0.29) is 18.1 Å². The number of carbonyl (C=O) groups excluding carboxylic acids is 2. The lowest BCUT2D eigenvalue weighted by Gasteiger charge is -2.16. The Kier molecular flexibility index (Phi) is 6.91. The summed E-state index contributed by atoms with van der Waals surface area (Å²) < 4.78 is 10.7. The van der Waals surface area contributed by atoms with Gasteiger partial charge < -0.3 is 14.8 Å². The predicted molar refractivity (Wildman–Crippen MR) is 130 cm³/mol. The Labute approximate surface area is 201 Å². The third kappa shape index (κ3) is 4.99. The van der Waals surface area contributed by atoms with Crippen molar-refractivity contribution in [2.75, 3.05) is 19.5 Å². The van der Waals surface area contributed by atoms with Gasteiger partial charge in [-0.15, -0.1) is 0 Å². The molecule has 0 radical (unpaired) electrons. The summed E-state index contributed by atoms with van der Waals surface area (Å²) in [5.41, 5.74) is 1.60. The average Bonchev–Trinajstić information content (AvgIpc) is 3.05. The van der Waals surface area contributed by atoms with Crippen molar-refractivity contribution < 1.29 is 19.1 Å². The first-order chi connectivity index (χ1) is 16.0. The van der Waals surface area contributed by atoms with Gasteiger partial charge >= 0.3 is 0 Å². The Balaban J connectivity index is 1.70. The third-order valence-electron chi connectivity index (χ3n) is 5.01. The normalized spacial score (nSPS) is 13.5. The van der Waals surface area contributed by atoms with E-state index in [1.54, 1.807) is 37.4 Å². The molecule has 1 N–H and O–H groups in total. The number of nitrogens with one attached hydrogen (secondary N) is 1. The molecular formula is C25H21ClN2O4S. The number of ether oxygens (including phenoxy) is 2. The van der Waals surface area contributed by atoms with Crippen molar-refractivity contribution >= 4 is 40.9 Å². The van der Waals surface area contributed by atoms with Crippen LogP contribution in [0.4, 0.5) is 5.69 Å². The van der Waals surface area contributed by atoms with Crippen LogP contribution in [-0.2, 0) is 16.1 Å². The Morgan fingerprint density at radius 1 is 0.909 bits per heavy atom. The van der Waals surface area contributed by atoms with E-state index in [9.17, 15) is 9.59 Å². The molecule has 1 aliphatic heterocycles. The lowest BCUT2D eigenvalue weighted by atomic mass is 10.2. The second kappa shape index (κ2) is 10.0. The maximum Gasteiger partial charge on any atom is 0.278 e. The van der Waals surface area contributed by atoms with E-state index >= 15 is 0 Å². The van der Waals surface area contributed by atoms with Gasteiger partial charge in [0.1, 0.15) is 22.1 Å². The van der Waals surface area contributed by atoms with Gasteiger partial charge in [0.05, 0.1) is 26.5 Å². The molecule has 3 aromatic rings. The van der Waals surface area contributed by atoms with E-state index < -0.39 is 5.91 Å². The molecule has 0 unspecified atom stereocenters. The van der Waals surface area contributed by atoms with E-state index in [4.69, 9.17) is 21.1 Å². The van der Waals surface area contributed by atoms with Crippen LogP contribution in [0.25, 0.3) is 0 Å². The highest BCUT2D eigenvalue weighted by Gasteiger charge is 2.39. The zero-order valence-corrected chi connectivity index (χ0v) is 19.6. The summed E-state index contributed by atoms with van der Waals surface area (Å²) in [6.45, 7) is 0.175. The summed E-state index contributed by atoms with van der Waals surface area (Å²) in [4.78, 5) is 29.1. The van der Waals surface area contributed by atoms with Gasteiger partial charge in [-0.2, -0.15) is 0 Å². The van der Waals surface area contributed by atoms with Crippen molar-refractivity contribution in [3.63, 3.8) is 0 Å². The van der Waals surface area contributed by atoms with Crippen LogP contribution in [-0.4, -0.2) is 30.9 Å². The minimum Gasteiger partial charge on any atom is -0.497 e. The van der Waals surface area contributed by atoms with Crippen LogP contribution >= 0.6 is 23.4 Å². The van der Waals surface area contributed by atoms with Gasteiger partial charge in [0.2, 0.25) is 0 Å². The molecule has 0 aliphatic carbocycles. The predicted octanol–water partition coefficient (Wildman–Crippen LogP) is 5.34. The highest BCUT2D eigenvalue weighted by atomic mass is 35.5. The zero-order chi connectivity index (χ0) is 23.4. The Morgan fingerprint density at radius 3 is 2.30 bits per heavy atom. The molecule has 0 saturated carbocycles. The van der Waals surface area contributed by atoms with E-state index in [1.807, 2.05) is 42.5 Å². The molecule has 1 heterocycles. The molecule has 1 aliphatic rings. The summed E-state index contributed by atoms with van der Waals surface area (Å²) in [7, 11) is 3.09. The first-order valence-electron chi connectivity index (χ1n) is 10.1. The van der Waals surface area contributed by atoms with Crippen molar-refractivity contribution in [3.05, 3.63) is 94.0 Å². The van der Waals surface area contributed by atoms with Gasteiger partial charge in [-0.25, -0.2) is 0 Å². The number of methoxy groups -OCH3 is 2. The van der Waals surface area contributed by atoms with Crippen molar-refractivity contribution in [2.45, 2.75) is 11.4 Å². The van der Waals surface area contributed by atoms with Crippen LogP contribution in [0.1, 0.15) is 5.56 Å². The van der Waals surface area contributed by atoms with E-state index in [2.05, 4.69) is 5.32 Å². The number of hydrogen-bond donors (Lipinski definition) is 1. The van der Waals surface area contributed by atoms with Crippen LogP contribution in [0.15, 0.2) is 88.3 Å². The summed E-state index contributed by atoms with van der Waals surface area (Å²) in [6.07, 6.45) is 0. The number of imide groups is 1. The first-order valence-corrected chi connectivity index (χ1v) is 11.3. The van der Waals surface area contributed by atoms with Gasteiger partial charge in [-0.05, 0) is 42.0 Å². The van der Waals surface area contributed by atoms with Crippen LogP contribution in [0.3, 0.4) is 0 Å². The number of benzene rings is 3. The molecule has 33 heavy (non-hydrogen) atoms. The van der Waals surface area contributed by atoms with Gasteiger partial charge in [-0.3, -0.25) is 14.5 Å². The van der Waals surface area contributed by atoms with Crippen LogP contribution in [0.2, 0.25) is 5.02 Å². The van der Waals surface area contributed by atoms with Crippen molar-refractivity contribution in [3.8, 4) is 11.5 Å². The van der Waals surface area contributed by atoms with Crippen molar-refractivity contribution in [1.82, 2.24) is 4.90 Å². The molecule has 4 rings (SSSR count). The maximum absolute atomic E-state index is 13.4. The van der Waals surface area contributed by atoms with Crippen LogP contribution < -0.4 is 14.8 Å². The molecule has 0 spiro atoms. The lowest BCUT2D eigenvalue weighted by molar-refractivity contribution is -0.137. The van der Waals surface area contributed by atoms with E-state index in [0.717, 1.165) is 10.5 Å². The van der Waals surface area contributed by atoms with Gasteiger partial charge in [0, 0.05) is 16.0 Å². The van der Waals surface area contributed by atoms with Crippen molar-refractivity contribution in [1.29, 1.82) is 0 Å².